The first-order valence-corrected chi connectivity index (χ1v) is 12.3. The van der Waals surface area contributed by atoms with Crippen LogP contribution in [0, 0.1) is 0 Å². The molecule has 1 aliphatic heterocycles. The molecule has 0 aliphatic carbocycles. The highest BCUT2D eigenvalue weighted by Crippen LogP contribution is 2.23. The van der Waals surface area contributed by atoms with Crippen LogP contribution in [0.15, 0.2) is 66.1 Å². The number of fused-ring (bicyclic) bond motifs is 1. The summed E-state index contributed by atoms with van der Waals surface area (Å²) >= 11 is 6.00. The van der Waals surface area contributed by atoms with Crippen molar-refractivity contribution in [2.45, 2.75) is 25.4 Å². The number of benzene rings is 1. The smallest absolute Gasteiger partial charge is 0.278 e. The van der Waals surface area contributed by atoms with E-state index in [0.717, 1.165) is 37.4 Å². The highest BCUT2D eigenvalue weighted by Gasteiger charge is 2.23. The average molecular weight is 505 g/mol. The Kier molecular flexibility index (Phi) is 6.75. The number of allylic oxidation sites excluding steroid dienone is 1. The molecule has 1 aliphatic rings. The molecule has 4 aromatic rings. The quantitative estimate of drug-likeness (QED) is 0.379. The topological polar surface area (TPSA) is 84.1 Å². The zero-order valence-electron chi connectivity index (χ0n) is 20.4. The fourth-order valence-electron chi connectivity index (χ4n) is 4.64. The van der Waals surface area contributed by atoms with Crippen molar-refractivity contribution in [1.82, 2.24) is 29.2 Å². The number of likely N-dealkylation sites (N-methyl/N-ethyl adjacent to an activating group) is 2. The van der Waals surface area contributed by atoms with Gasteiger partial charge in [-0.1, -0.05) is 23.7 Å². The molecule has 9 nitrogen and oxygen atoms in total. The number of piperidine rings is 1. The number of hydrogen-bond donors (Lipinski definition) is 1. The number of hydrogen-bond acceptors (Lipinski definition) is 7. The number of rotatable bonds is 7. The van der Waals surface area contributed by atoms with E-state index >= 15 is 0 Å². The molecule has 36 heavy (non-hydrogen) atoms. The standard InChI is InChI=1S/C26H29ClN8O/c1-4-14-34-25(36)21-16-28-26(29-19-12-10-18(27)11-13-19)31-24(21)35(34)23-9-5-8-22(30-23)33(3)20-7-6-15-32(2)17-20/h4-5,8-13,16,20H,1,6-7,14-15,17H2,2-3H3,(H,28,29,31)/t20-/m0/s1. The van der Waals surface area contributed by atoms with Gasteiger partial charge < -0.3 is 15.1 Å². The first-order valence-electron chi connectivity index (χ1n) is 12.0. The summed E-state index contributed by atoms with van der Waals surface area (Å²) in [7, 11) is 4.23. The van der Waals surface area contributed by atoms with Crippen LogP contribution in [0.5, 0.6) is 0 Å². The van der Waals surface area contributed by atoms with E-state index in [1.165, 1.54) is 0 Å². The van der Waals surface area contributed by atoms with Crippen molar-refractivity contribution in [2.75, 3.05) is 37.4 Å². The molecule has 1 atom stereocenters. The lowest BCUT2D eigenvalue weighted by Gasteiger charge is -2.36. The molecule has 0 unspecified atom stereocenters. The normalized spacial score (nSPS) is 16.2. The zero-order valence-corrected chi connectivity index (χ0v) is 21.2. The predicted octanol–water partition coefficient (Wildman–Crippen LogP) is 4.09. The number of aromatic nitrogens is 5. The van der Waals surface area contributed by atoms with Crippen molar-refractivity contribution in [3.05, 3.63) is 76.7 Å². The van der Waals surface area contributed by atoms with Crippen molar-refractivity contribution in [3.63, 3.8) is 0 Å². The van der Waals surface area contributed by atoms with Crippen molar-refractivity contribution in [2.24, 2.45) is 0 Å². The summed E-state index contributed by atoms with van der Waals surface area (Å²) in [6.07, 6.45) is 5.51. The summed E-state index contributed by atoms with van der Waals surface area (Å²) < 4.78 is 3.33. The van der Waals surface area contributed by atoms with Gasteiger partial charge in [-0.05, 0) is 62.8 Å². The van der Waals surface area contributed by atoms with Gasteiger partial charge in [0.05, 0.1) is 6.54 Å². The predicted molar refractivity (Wildman–Crippen MR) is 145 cm³/mol. The van der Waals surface area contributed by atoms with Crippen LogP contribution in [0.2, 0.25) is 5.02 Å². The van der Waals surface area contributed by atoms with Crippen LogP contribution in [0.4, 0.5) is 17.5 Å². The average Bonchev–Trinajstić information content (AvgIpc) is 3.16. The van der Waals surface area contributed by atoms with E-state index in [0.29, 0.717) is 40.4 Å². The minimum Gasteiger partial charge on any atom is -0.355 e. The molecule has 0 bridgehead atoms. The fourth-order valence-corrected chi connectivity index (χ4v) is 4.77. The summed E-state index contributed by atoms with van der Waals surface area (Å²) in [5.74, 6) is 1.82. The van der Waals surface area contributed by atoms with Gasteiger partial charge in [-0.3, -0.25) is 4.79 Å². The first kappa shape index (κ1) is 24.0. The van der Waals surface area contributed by atoms with Crippen LogP contribution in [0.1, 0.15) is 12.8 Å². The Morgan fingerprint density at radius 1 is 1.22 bits per heavy atom. The van der Waals surface area contributed by atoms with Gasteiger partial charge in [-0.2, -0.15) is 4.98 Å². The molecule has 1 N–H and O–H groups in total. The number of likely N-dealkylation sites (tertiary alicyclic amines) is 1. The number of nitrogens with zero attached hydrogens (tertiary/aromatic N) is 7. The minimum atomic E-state index is -0.197. The Bertz CT molecular complexity index is 1440. The van der Waals surface area contributed by atoms with Crippen molar-refractivity contribution in [1.29, 1.82) is 0 Å². The Morgan fingerprint density at radius 2 is 2.03 bits per heavy atom. The SMILES string of the molecule is C=CCn1c(=O)c2cnc(Nc3ccc(Cl)cc3)nc2n1-c1cccc(N(C)[C@H]2CCCN(C)C2)n1. The lowest BCUT2D eigenvalue weighted by atomic mass is 10.1. The molecule has 10 heteroatoms. The maximum absolute atomic E-state index is 13.3. The van der Waals surface area contributed by atoms with Crippen LogP contribution in [-0.2, 0) is 6.54 Å². The second kappa shape index (κ2) is 10.1. The van der Waals surface area contributed by atoms with Crippen molar-refractivity contribution in [3.8, 4) is 5.82 Å². The van der Waals surface area contributed by atoms with E-state index in [1.807, 2.05) is 30.3 Å². The molecular weight excluding hydrogens is 476 g/mol. The van der Waals surface area contributed by atoms with E-state index in [-0.39, 0.29) is 5.56 Å². The van der Waals surface area contributed by atoms with E-state index in [2.05, 4.69) is 40.8 Å². The minimum absolute atomic E-state index is 0.197. The van der Waals surface area contributed by atoms with Crippen molar-refractivity contribution < 1.29 is 0 Å². The molecular formula is C26H29ClN8O. The maximum Gasteiger partial charge on any atom is 0.278 e. The second-order valence-electron chi connectivity index (χ2n) is 9.07. The molecule has 5 rings (SSSR count). The second-order valence-corrected chi connectivity index (χ2v) is 9.51. The van der Waals surface area contributed by atoms with Gasteiger partial charge >= 0.3 is 0 Å². The van der Waals surface area contributed by atoms with Crippen LogP contribution < -0.4 is 15.8 Å². The van der Waals surface area contributed by atoms with Crippen LogP contribution in [-0.4, -0.2) is 62.4 Å². The zero-order chi connectivity index (χ0) is 25.2. The van der Waals surface area contributed by atoms with E-state index < -0.39 is 0 Å². The van der Waals surface area contributed by atoms with E-state index in [9.17, 15) is 4.79 Å². The van der Waals surface area contributed by atoms with Crippen LogP contribution in [0.25, 0.3) is 16.9 Å². The number of pyridine rings is 1. The lowest BCUT2D eigenvalue weighted by molar-refractivity contribution is 0.247. The summed E-state index contributed by atoms with van der Waals surface area (Å²) in [5.41, 5.74) is 1.06. The third-order valence-electron chi connectivity index (χ3n) is 6.52. The number of anilines is 3. The van der Waals surface area contributed by atoms with E-state index in [1.54, 1.807) is 33.8 Å². The monoisotopic (exact) mass is 504 g/mol. The van der Waals surface area contributed by atoms with Gasteiger partial charge in [0.2, 0.25) is 5.95 Å². The summed E-state index contributed by atoms with van der Waals surface area (Å²) in [4.78, 5) is 31.9. The van der Waals surface area contributed by atoms with Gasteiger partial charge in [0.25, 0.3) is 5.56 Å². The Balaban J connectivity index is 1.57. The highest BCUT2D eigenvalue weighted by atomic mass is 35.5. The molecule has 0 spiro atoms. The largest absolute Gasteiger partial charge is 0.355 e. The van der Waals surface area contributed by atoms with Gasteiger partial charge in [0.15, 0.2) is 11.5 Å². The third kappa shape index (κ3) is 4.72. The number of halogens is 1. The van der Waals surface area contributed by atoms with Gasteiger partial charge in [-0.15, -0.1) is 6.58 Å². The first-order chi connectivity index (χ1) is 17.4. The fraction of sp³-hybridized carbons (Fsp3) is 0.308. The van der Waals surface area contributed by atoms with Crippen LogP contribution in [0.3, 0.4) is 0 Å². The van der Waals surface area contributed by atoms with Gasteiger partial charge in [0, 0.05) is 36.5 Å². The molecule has 4 heterocycles. The molecule has 1 aromatic carbocycles. The van der Waals surface area contributed by atoms with E-state index in [4.69, 9.17) is 21.6 Å². The third-order valence-corrected chi connectivity index (χ3v) is 6.78. The van der Waals surface area contributed by atoms with Crippen molar-refractivity contribution >= 4 is 40.1 Å². The molecule has 0 saturated carbocycles. The van der Waals surface area contributed by atoms with Gasteiger partial charge in [-0.25, -0.2) is 19.3 Å². The molecule has 1 fully saturated rings. The van der Waals surface area contributed by atoms with Crippen LogP contribution >= 0.6 is 11.6 Å². The summed E-state index contributed by atoms with van der Waals surface area (Å²) in [6, 6.07) is 13.5. The summed E-state index contributed by atoms with van der Waals surface area (Å²) in [5, 5.41) is 4.23. The molecule has 3 aromatic heterocycles. The molecule has 0 radical (unpaired) electrons. The maximum atomic E-state index is 13.3. The Hall–Kier alpha value is -3.69. The number of nitrogens with one attached hydrogen (secondary N) is 1. The Morgan fingerprint density at radius 3 is 2.78 bits per heavy atom. The highest BCUT2D eigenvalue weighted by molar-refractivity contribution is 6.30. The molecule has 0 amide bonds. The van der Waals surface area contributed by atoms with Gasteiger partial charge in [0.1, 0.15) is 11.2 Å². The summed E-state index contributed by atoms with van der Waals surface area (Å²) in [6.45, 7) is 6.25. The molecule has 186 valence electrons. The Labute approximate surface area is 214 Å². The molecule has 1 saturated heterocycles. The lowest BCUT2D eigenvalue weighted by Crippen LogP contribution is -2.45.